The van der Waals surface area contributed by atoms with E-state index in [4.69, 9.17) is 0 Å². The molecule has 0 bridgehead atoms. The Morgan fingerprint density at radius 3 is 2.76 bits per heavy atom. The van der Waals surface area contributed by atoms with E-state index in [9.17, 15) is 0 Å². The molecule has 0 fully saturated rings. The van der Waals surface area contributed by atoms with E-state index in [-0.39, 0.29) is 0 Å². The Labute approximate surface area is 103 Å². The second kappa shape index (κ2) is 7.81. The number of hydrogen-bond donors (Lipinski definition) is 2. The van der Waals surface area contributed by atoms with Crippen LogP contribution in [0, 0.1) is 5.92 Å². The Hall–Kier alpha value is -1.39. The van der Waals surface area contributed by atoms with Gasteiger partial charge in [0.1, 0.15) is 5.82 Å². The molecule has 0 saturated carbocycles. The molecule has 0 aliphatic rings. The van der Waals surface area contributed by atoms with Gasteiger partial charge in [0.15, 0.2) is 0 Å². The van der Waals surface area contributed by atoms with Crippen molar-refractivity contribution in [2.24, 2.45) is 5.92 Å². The molecule has 0 aromatic carbocycles. The molecule has 96 valence electrons. The van der Waals surface area contributed by atoms with Gasteiger partial charge < -0.3 is 10.6 Å². The zero-order chi connectivity index (χ0) is 12.5. The molecule has 0 saturated heterocycles. The summed E-state index contributed by atoms with van der Waals surface area (Å²) >= 11 is 0. The number of hydrogen-bond acceptors (Lipinski definition) is 5. The van der Waals surface area contributed by atoms with Gasteiger partial charge in [-0.05, 0) is 12.3 Å². The highest BCUT2D eigenvalue weighted by Gasteiger charge is 2.00. The van der Waals surface area contributed by atoms with Crippen molar-refractivity contribution in [1.82, 2.24) is 15.2 Å². The van der Waals surface area contributed by atoms with E-state index in [1.54, 1.807) is 6.20 Å². The van der Waals surface area contributed by atoms with Crippen molar-refractivity contribution in [3.05, 3.63) is 6.20 Å². The smallest absolute Gasteiger partial charge is 0.244 e. The van der Waals surface area contributed by atoms with Gasteiger partial charge in [0.05, 0.1) is 6.20 Å². The van der Waals surface area contributed by atoms with Crippen LogP contribution in [0.15, 0.2) is 6.20 Å². The number of aromatic nitrogens is 3. The second-order valence-electron chi connectivity index (χ2n) is 4.57. The summed E-state index contributed by atoms with van der Waals surface area (Å²) in [5, 5.41) is 14.3. The fourth-order valence-corrected chi connectivity index (χ4v) is 1.35. The van der Waals surface area contributed by atoms with E-state index in [0.29, 0.717) is 11.9 Å². The van der Waals surface area contributed by atoms with E-state index in [1.165, 1.54) is 12.8 Å². The molecular weight excluding hydrogens is 214 g/mol. The molecule has 0 aliphatic carbocycles. The molecular formula is C12H23N5. The fraction of sp³-hybridized carbons (Fsp3) is 0.750. The van der Waals surface area contributed by atoms with Crippen LogP contribution in [0.1, 0.15) is 40.0 Å². The van der Waals surface area contributed by atoms with Gasteiger partial charge in [-0.3, -0.25) is 0 Å². The maximum Gasteiger partial charge on any atom is 0.244 e. The van der Waals surface area contributed by atoms with Gasteiger partial charge >= 0.3 is 0 Å². The SMILES string of the molecule is CCCCCNc1cnnc(NCC(C)C)n1. The van der Waals surface area contributed by atoms with Crippen LogP contribution in [0.2, 0.25) is 0 Å². The summed E-state index contributed by atoms with van der Waals surface area (Å²) in [4.78, 5) is 4.35. The van der Waals surface area contributed by atoms with E-state index in [2.05, 4.69) is 46.6 Å². The minimum Gasteiger partial charge on any atom is -0.369 e. The standard InChI is InChI=1S/C12H23N5/c1-4-5-6-7-13-11-9-15-17-12(16-11)14-8-10(2)3/h9-10H,4-8H2,1-3H3,(H2,13,14,16,17). The van der Waals surface area contributed by atoms with Crippen molar-refractivity contribution in [3.8, 4) is 0 Å². The molecule has 0 spiro atoms. The van der Waals surface area contributed by atoms with Crippen molar-refractivity contribution < 1.29 is 0 Å². The van der Waals surface area contributed by atoms with Gasteiger partial charge in [-0.2, -0.15) is 10.1 Å². The largest absolute Gasteiger partial charge is 0.369 e. The topological polar surface area (TPSA) is 62.7 Å². The van der Waals surface area contributed by atoms with Crippen LogP contribution in [0.5, 0.6) is 0 Å². The summed E-state index contributed by atoms with van der Waals surface area (Å²) in [6.07, 6.45) is 5.29. The van der Waals surface area contributed by atoms with Gasteiger partial charge in [0.25, 0.3) is 0 Å². The third-order valence-electron chi connectivity index (χ3n) is 2.31. The lowest BCUT2D eigenvalue weighted by Gasteiger charge is -2.08. The predicted octanol–water partition coefficient (Wildman–Crippen LogP) is 2.54. The Kier molecular flexibility index (Phi) is 6.29. The summed E-state index contributed by atoms with van der Waals surface area (Å²) in [5.41, 5.74) is 0. The first-order chi connectivity index (χ1) is 8.22. The van der Waals surface area contributed by atoms with E-state index >= 15 is 0 Å². The first kappa shape index (κ1) is 13.7. The lowest BCUT2D eigenvalue weighted by atomic mass is 10.2. The first-order valence-electron chi connectivity index (χ1n) is 6.39. The zero-order valence-electron chi connectivity index (χ0n) is 11.0. The monoisotopic (exact) mass is 237 g/mol. The first-order valence-corrected chi connectivity index (χ1v) is 6.39. The van der Waals surface area contributed by atoms with Crippen molar-refractivity contribution in [2.45, 2.75) is 40.0 Å². The van der Waals surface area contributed by atoms with Gasteiger partial charge in [-0.1, -0.05) is 33.6 Å². The van der Waals surface area contributed by atoms with E-state index in [1.807, 2.05) is 0 Å². The molecule has 0 radical (unpaired) electrons. The molecule has 0 unspecified atom stereocenters. The van der Waals surface area contributed by atoms with Gasteiger partial charge in [-0.25, -0.2) is 0 Å². The molecule has 0 aliphatic heterocycles. The molecule has 5 nitrogen and oxygen atoms in total. The number of rotatable bonds is 8. The Morgan fingerprint density at radius 2 is 2.06 bits per heavy atom. The van der Waals surface area contributed by atoms with Crippen LogP contribution >= 0.6 is 0 Å². The van der Waals surface area contributed by atoms with Crippen molar-refractivity contribution in [3.63, 3.8) is 0 Å². The van der Waals surface area contributed by atoms with Gasteiger partial charge in [0.2, 0.25) is 5.95 Å². The van der Waals surface area contributed by atoms with Crippen molar-refractivity contribution in [1.29, 1.82) is 0 Å². The number of nitrogens with one attached hydrogen (secondary N) is 2. The highest BCUT2D eigenvalue weighted by atomic mass is 15.3. The van der Waals surface area contributed by atoms with Crippen LogP contribution < -0.4 is 10.6 Å². The minimum absolute atomic E-state index is 0.569. The van der Waals surface area contributed by atoms with E-state index in [0.717, 1.165) is 25.3 Å². The quantitative estimate of drug-likeness (QED) is 0.680. The molecule has 1 aromatic heterocycles. The summed E-state index contributed by atoms with van der Waals surface area (Å²) in [7, 11) is 0. The van der Waals surface area contributed by atoms with Crippen LogP contribution in [0.3, 0.4) is 0 Å². The van der Waals surface area contributed by atoms with Gasteiger partial charge in [0, 0.05) is 13.1 Å². The minimum atomic E-state index is 0.569. The number of anilines is 2. The Bertz CT molecular complexity index is 314. The number of unbranched alkanes of at least 4 members (excludes halogenated alkanes) is 2. The van der Waals surface area contributed by atoms with Crippen molar-refractivity contribution >= 4 is 11.8 Å². The molecule has 0 atom stereocenters. The van der Waals surface area contributed by atoms with Crippen LogP contribution in [0.4, 0.5) is 11.8 Å². The average molecular weight is 237 g/mol. The number of nitrogens with zero attached hydrogens (tertiary/aromatic N) is 3. The lowest BCUT2D eigenvalue weighted by Crippen LogP contribution is -2.12. The zero-order valence-corrected chi connectivity index (χ0v) is 11.0. The molecule has 1 aromatic rings. The van der Waals surface area contributed by atoms with Crippen LogP contribution in [-0.4, -0.2) is 28.3 Å². The van der Waals surface area contributed by atoms with E-state index < -0.39 is 0 Å². The summed E-state index contributed by atoms with van der Waals surface area (Å²) < 4.78 is 0. The van der Waals surface area contributed by atoms with Crippen molar-refractivity contribution in [2.75, 3.05) is 23.7 Å². The maximum absolute atomic E-state index is 4.35. The molecule has 17 heavy (non-hydrogen) atoms. The predicted molar refractivity (Wildman–Crippen MR) is 71.2 cm³/mol. The average Bonchev–Trinajstić information content (AvgIpc) is 2.33. The normalized spacial score (nSPS) is 10.6. The third kappa shape index (κ3) is 6.04. The maximum atomic E-state index is 4.35. The Balaban J connectivity index is 2.37. The second-order valence-corrected chi connectivity index (χ2v) is 4.57. The molecule has 1 rings (SSSR count). The molecule has 1 heterocycles. The lowest BCUT2D eigenvalue weighted by molar-refractivity contribution is 0.682. The fourth-order valence-electron chi connectivity index (χ4n) is 1.35. The molecule has 0 amide bonds. The summed E-state index contributed by atoms with van der Waals surface area (Å²) in [6, 6.07) is 0. The summed E-state index contributed by atoms with van der Waals surface area (Å²) in [6.45, 7) is 8.29. The highest BCUT2D eigenvalue weighted by Crippen LogP contribution is 2.05. The van der Waals surface area contributed by atoms with Gasteiger partial charge in [-0.15, -0.1) is 5.10 Å². The molecule has 5 heteroatoms. The summed E-state index contributed by atoms with van der Waals surface area (Å²) in [5.74, 6) is 1.96. The Morgan fingerprint density at radius 1 is 1.24 bits per heavy atom. The molecule has 2 N–H and O–H groups in total. The van der Waals surface area contributed by atoms with Crippen LogP contribution in [0.25, 0.3) is 0 Å². The third-order valence-corrected chi connectivity index (χ3v) is 2.31. The van der Waals surface area contributed by atoms with Crippen LogP contribution in [-0.2, 0) is 0 Å². The highest BCUT2D eigenvalue weighted by molar-refractivity contribution is 5.36.